The lowest BCUT2D eigenvalue weighted by atomic mass is 9.96. The van der Waals surface area contributed by atoms with Crippen molar-refractivity contribution in [2.45, 2.75) is 39.7 Å². The summed E-state index contributed by atoms with van der Waals surface area (Å²) in [6.45, 7) is 10.1. The molecule has 0 radical (unpaired) electrons. The van der Waals surface area contributed by atoms with Crippen LogP contribution in [0.4, 0.5) is 4.79 Å². The van der Waals surface area contributed by atoms with Crippen LogP contribution < -0.4 is 16.0 Å². The number of hydrogen-bond donors (Lipinski definition) is 3. The van der Waals surface area contributed by atoms with E-state index in [0.717, 1.165) is 32.6 Å². The Bertz CT molecular complexity index is 322. The second-order valence-corrected chi connectivity index (χ2v) is 5.34. The van der Waals surface area contributed by atoms with Crippen molar-refractivity contribution in [2.24, 2.45) is 5.92 Å². The normalized spacial score (nSPS) is 21.2. The fourth-order valence-electron chi connectivity index (χ4n) is 2.55. The number of nitrogens with one attached hydrogen (secondary N) is 3. The number of nitrogens with zero attached hydrogens (tertiary/aromatic N) is 1. The number of piperidine rings is 1. The summed E-state index contributed by atoms with van der Waals surface area (Å²) in [5.41, 5.74) is 0. The fraction of sp³-hybridized carbons (Fsp3) is 0.857. The molecule has 116 valence electrons. The minimum absolute atomic E-state index is 0.222. The maximum atomic E-state index is 12.0. The van der Waals surface area contributed by atoms with Gasteiger partial charge < -0.3 is 10.6 Å². The van der Waals surface area contributed by atoms with Gasteiger partial charge in [-0.2, -0.15) is 0 Å². The maximum absolute atomic E-state index is 12.0. The van der Waals surface area contributed by atoms with Gasteiger partial charge in [-0.15, -0.1) is 0 Å². The summed E-state index contributed by atoms with van der Waals surface area (Å²) in [6, 6.07) is -0.674. The summed E-state index contributed by atoms with van der Waals surface area (Å²) in [4.78, 5) is 25.6. The minimum atomic E-state index is -0.412. The number of rotatable bonds is 6. The molecule has 3 amide bonds. The summed E-state index contributed by atoms with van der Waals surface area (Å²) in [5, 5.41) is 8.33. The van der Waals surface area contributed by atoms with E-state index in [4.69, 9.17) is 0 Å². The third kappa shape index (κ3) is 5.46. The lowest BCUT2D eigenvalue weighted by Crippen LogP contribution is -2.52. The quantitative estimate of drug-likeness (QED) is 0.666. The molecule has 1 aliphatic rings. The number of amides is 3. The van der Waals surface area contributed by atoms with E-state index in [1.165, 1.54) is 6.42 Å². The molecule has 0 aliphatic carbocycles. The van der Waals surface area contributed by atoms with Gasteiger partial charge in [0, 0.05) is 13.1 Å². The minimum Gasteiger partial charge on any atom is -0.338 e. The number of hydrogen-bond acceptors (Lipinski definition) is 4. The van der Waals surface area contributed by atoms with Crippen LogP contribution in [-0.4, -0.2) is 55.6 Å². The molecular weight excluding hydrogens is 256 g/mol. The van der Waals surface area contributed by atoms with Crippen molar-refractivity contribution in [3.8, 4) is 0 Å². The van der Waals surface area contributed by atoms with Crippen LogP contribution in [0.5, 0.6) is 0 Å². The maximum Gasteiger partial charge on any atom is 0.321 e. The Morgan fingerprint density at radius 1 is 1.30 bits per heavy atom. The molecule has 1 aliphatic heterocycles. The molecule has 0 bridgehead atoms. The predicted molar refractivity (Wildman–Crippen MR) is 79.5 cm³/mol. The number of carbonyl (C=O) groups is 2. The topological polar surface area (TPSA) is 73.5 Å². The summed E-state index contributed by atoms with van der Waals surface area (Å²) in [7, 11) is 0. The van der Waals surface area contributed by atoms with Gasteiger partial charge in [-0.05, 0) is 52.2 Å². The summed E-state index contributed by atoms with van der Waals surface area (Å²) in [5.74, 6) is 0.364. The van der Waals surface area contributed by atoms with Gasteiger partial charge in [0.05, 0.1) is 6.04 Å². The van der Waals surface area contributed by atoms with Gasteiger partial charge in [0.25, 0.3) is 0 Å². The van der Waals surface area contributed by atoms with E-state index < -0.39 is 6.03 Å². The first-order valence-electron chi connectivity index (χ1n) is 7.61. The van der Waals surface area contributed by atoms with Crippen molar-refractivity contribution in [1.29, 1.82) is 0 Å². The number of imide groups is 1. The third-order valence-corrected chi connectivity index (χ3v) is 3.73. The monoisotopic (exact) mass is 284 g/mol. The van der Waals surface area contributed by atoms with Gasteiger partial charge in [0.15, 0.2) is 0 Å². The second kappa shape index (κ2) is 8.92. The SMILES string of the molecule is CCNCC1CCCN(C(C)C(=O)NC(=O)NCC)C1. The first kappa shape index (κ1) is 16.9. The number of carbonyl (C=O) groups excluding carboxylic acids is 2. The van der Waals surface area contributed by atoms with Crippen LogP contribution in [0, 0.1) is 5.92 Å². The molecule has 1 saturated heterocycles. The molecule has 0 saturated carbocycles. The Labute approximate surface area is 121 Å². The molecule has 1 heterocycles. The van der Waals surface area contributed by atoms with E-state index in [1.807, 2.05) is 13.8 Å². The summed E-state index contributed by atoms with van der Waals surface area (Å²) in [6.07, 6.45) is 2.31. The highest BCUT2D eigenvalue weighted by molar-refractivity contribution is 5.96. The van der Waals surface area contributed by atoms with Crippen LogP contribution in [-0.2, 0) is 4.79 Å². The molecule has 20 heavy (non-hydrogen) atoms. The van der Waals surface area contributed by atoms with Crippen LogP contribution >= 0.6 is 0 Å². The third-order valence-electron chi connectivity index (χ3n) is 3.73. The zero-order valence-corrected chi connectivity index (χ0v) is 12.9. The lowest BCUT2D eigenvalue weighted by molar-refractivity contribution is -0.125. The molecular formula is C14H28N4O2. The van der Waals surface area contributed by atoms with Gasteiger partial charge in [-0.25, -0.2) is 4.79 Å². The first-order valence-corrected chi connectivity index (χ1v) is 7.61. The van der Waals surface area contributed by atoms with Crippen LogP contribution in [0.1, 0.15) is 33.6 Å². The Balaban J connectivity index is 2.42. The second-order valence-electron chi connectivity index (χ2n) is 5.34. The summed E-state index contributed by atoms with van der Waals surface area (Å²) >= 11 is 0. The van der Waals surface area contributed by atoms with Gasteiger partial charge >= 0.3 is 6.03 Å². The fourth-order valence-corrected chi connectivity index (χ4v) is 2.55. The van der Waals surface area contributed by atoms with E-state index in [9.17, 15) is 9.59 Å². The average Bonchev–Trinajstić information content (AvgIpc) is 2.44. The standard InChI is InChI=1S/C14H28N4O2/c1-4-15-9-12-7-6-8-18(10-12)11(3)13(19)17-14(20)16-5-2/h11-12,15H,4-10H2,1-3H3,(H2,16,17,19,20). The highest BCUT2D eigenvalue weighted by atomic mass is 16.2. The Kier molecular flexibility index (Phi) is 7.54. The predicted octanol–water partition coefficient (Wildman–Crippen LogP) is 0.542. The van der Waals surface area contributed by atoms with E-state index in [2.05, 4.69) is 27.8 Å². The largest absolute Gasteiger partial charge is 0.338 e. The van der Waals surface area contributed by atoms with Crippen molar-refractivity contribution >= 4 is 11.9 Å². The molecule has 2 atom stereocenters. The molecule has 3 N–H and O–H groups in total. The van der Waals surface area contributed by atoms with Crippen molar-refractivity contribution in [1.82, 2.24) is 20.9 Å². The van der Waals surface area contributed by atoms with Crippen LogP contribution in [0.15, 0.2) is 0 Å². The van der Waals surface area contributed by atoms with E-state index >= 15 is 0 Å². The molecule has 0 aromatic rings. The number of likely N-dealkylation sites (tertiary alicyclic amines) is 1. The zero-order chi connectivity index (χ0) is 15.0. The molecule has 1 rings (SSSR count). The molecule has 1 fully saturated rings. The molecule has 2 unspecified atom stereocenters. The van der Waals surface area contributed by atoms with Crippen molar-refractivity contribution in [3.05, 3.63) is 0 Å². The van der Waals surface area contributed by atoms with Crippen molar-refractivity contribution in [2.75, 3.05) is 32.7 Å². The Morgan fingerprint density at radius 2 is 2.05 bits per heavy atom. The van der Waals surface area contributed by atoms with E-state index in [-0.39, 0.29) is 11.9 Å². The Morgan fingerprint density at radius 3 is 2.70 bits per heavy atom. The van der Waals surface area contributed by atoms with Gasteiger partial charge in [0.2, 0.25) is 5.91 Å². The smallest absolute Gasteiger partial charge is 0.321 e. The van der Waals surface area contributed by atoms with E-state index in [0.29, 0.717) is 12.5 Å². The summed E-state index contributed by atoms with van der Waals surface area (Å²) < 4.78 is 0. The lowest BCUT2D eigenvalue weighted by Gasteiger charge is -2.36. The van der Waals surface area contributed by atoms with Crippen LogP contribution in [0.3, 0.4) is 0 Å². The highest BCUT2D eigenvalue weighted by Crippen LogP contribution is 2.17. The van der Waals surface area contributed by atoms with Crippen LogP contribution in [0.2, 0.25) is 0 Å². The molecule has 0 spiro atoms. The Hall–Kier alpha value is -1.14. The van der Waals surface area contributed by atoms with Gasteiger partial charge in [-0.1, -0.05) is 6.92 Å². The number of urea groups is 1. The molecule has 6 heteroatoms. The first-order chi connectivity index (χ1) is 9.58. The molecule has 0 aromatic carbocycles. The average molecular weight is 284 g/mol. The highest BCUT2D eigenvalue weighted by Gasteiger charge is 2.27. The van der Waals surface area contributed by atoms with E-state index in [1.54, 1.807) is 0 Å². The molecule has 6 nitrogen and oxygen atoms in total. The van der Waals surface area contributed by atoms with Crippen molar-refractivity contribution in [3.63, 3.8) is 0 Å². The van der Waals surface area contributed by atoms with Crippen molar-refractivity contribution < 1.29 is 9.59 Å². The van der Waals surface area contributed by atoms with Gasteiger partial charge in [0.1, 0.15) is 0 Å². The van der Waals surface area contributed by atoms with Crippen LogP contribution in [0.25, 0.3) is 0 Å². The zero-order valence-electron chi connectivity index (χ0n) is 12.9. The van der Waals surface area contributed by atoms with Gasteiger partial charge in [-0.3, -0.25) is 15.0 Å². The molecule has 0 aromatic heterocycles.